The summed E-state index contributed by atoms with van der Waals surface area (Å²) >= 11 is 0. The van der Waals surface area contributed by atoms with Crippen molar-refractivity contribution in [3.63, 3.8) is 0 Å². The molecule has 0 unspecified atom stereocenters. The number of hydrogen-bond acceptors (Lipinski definition) is 4. The van der Waals surface area contributed by atoms with Crippen LogP contribution in [0.1, 0.15) is 24.5 Å². The first kappa shape index (κ1) is 20.8. The Morgan fingerprint density at radius 3 is 2.15 bits per heavy atom. The van der Waals surface area contributed by atoms with Crippen LogP contribution in [0, 0.1) is 0 Å². The van der Waals surface area contributed by atoms with Gasteiger partial charge >= 0.3 is 0 Å². The van der Waals surface area contributed by atoms with Gasteiger partial charge in [-0.15, -0.1) is 0 Å². The molecule has 6 nitrogen and oxygen atoms in total. The van der Waals surface area contributed by atoms with E-state index in [-0.39, 0.29) is 18.9 Å². The molecule has 0 atom stereocenters. The van der Waals surface area contributed by atoms with Crippen LogP contribution in [0.5, 0.6) is 5.75 Å². The van der Waals surface area contributed by atoms with Crippen molar-refractivity contribution < 1.29 is 17.9 Å². The molecule has 0 aromatic heterocycles. The summed E-state index contributed by atoms with van der Waals surface area (Å²) in [5, 5.41) is 2.81. The Morgan fingerprint density at radius 2 is 1.63 bits per heavy atom. The molecule has 0 spiro atoms. The number of carbonyl (C=O) groups is 1. The summed E-state index contributed by atoms with van der Waals surface area (Å²) < 4.78 is 30.6. The number of aryl methyl sites for hydroxylation is 1. The van der Waals surface area contributed by atoms with Crippen molar-refractivity contribution in [1.29, 1.82) is 0 Å². The van der Waals surface area contributed by atoms with E-state index in [1.54, 1.807) is 19.2 Å². The third-order valence-corrected chi connectivity index (χ3v) is 5.42. The first-order valence-electron chi connectivity index (χ1n) is 8.79. The van der Waals surface area contributed by atoms with E-state index in [0.717, 1.165) is 29.6 Å². The summed E-state index contributed by atoms with van der Waals surface area (Å²) in [6.45, 7) is 2.52. The number of benzene rings is 2. The van der Waals surface area contributed by atoms with Gasteiger partial charge in [-0.05, 0) is 41.8 Å². The fourth-order valence-corrected chi connectivity index (χ4v) is 3.55. The molecule has 1 N–H and O–H groups in total. The largest absolute Gasteiger partial charge is 0.497 e. The second-order valence-corrected chi connectivity index (χ2v) is 8.14. The molecule has 0 radical (unpaired) electrons. The number of ether oxygens (including phenoxy) is 1. The third kappa shape index (κ3) is 6.29. The molecule has 0 aliphatic heterocycles. The highest BCUT2D eigenvalue weighted by atomic mass is 32.2. The van der Waals surface area contributed by atoms with Crippen LogP contribution in [0.4, 0.5) is 5.69 Å². The van der Waals surface area contributed by atoms with E-state index in [0.29, 0.717) is 12.2 Å². The zero-order valence-corrected chi connectivity index (χ0v) is 16.8. The van der Waals surface area contributed by atoms with Gasteiger partial charge in [0, 0.05) is 19.5 Å². The molecular formula is C20H26N2O4S. The molecule has 146 valence electrons. The average molecular weight is 391 g/mol. The fraction of sp³-hybridized carbons (Fsp3) is 0.350. The summed E-state index contributed by atoms with van der Waals surface area (Å²) in [7, 11) is -1.87. The Labute approximate surface area is 161 Å². The summed E-state index contributed by atoms with van der Waals surface area (Å²) in [6.07, 6.45) is 2.11. The lowest BCUT2D eigenvalue weighted by molar-refractivity contribution is -0.121. The van der Waals surface area contributed by atoms with Gasteiger partial charge < -0.3 is 10.1 Å². The maximum absolute atomic E-state index is 12.1. The van der Waals surface area contributed by atoms with Crippen molar-refractivity contribution in [2.24, 2.45) is 0 Å². The molecule has 2 aromatic carbocycles. The topological polar surface area (TPSA) is 75.7 Å². The predicted octanol–water partition coefficient (Wildman–Crippen LogP) is 2.73. The molecule has 0 saturated heterocycles. The van der Waals surface area contributed by atoms with Gasteiger partial charge in [-0.25, -0.2) is 8.42 Å². The Morgan fingerprint density at radius 1 is 1.04 bits per heavy atom. The van der Waals surface area contributed by atoms with Crippen LogP contribution in [-0.2, 0) is 27.8 Å². The molecule has 7 heteroatoms. The monoisotopic (exact) mass is 390 g/mol. The van der Waals surface area contributed by atoms with E-state index in [1.807, 2.05) is 43.3 Å². The van der Waals surface area contributed by atoms with E-state index in [4.69, 9.17) is 4.74 Å². The van der Waals surface area contributed by atoms with E-state index in [9.17, 15) is 13.2 Å². The quantitative estimate of drug-likeness (QED) is 0.714. The smallest absolute Gasteiger partial charge is 0.232 e. The van der Waals surface area contributed by atoms with E-state index >= 15 is 0 Å². The van der Waals surface area contributed by atoms with Crippen LogP contribution in [0.3, 0.4) is 0 Å². The van der Waals surface area contributed by atoms with Crippen molar-refractivity contribution in [3.05, 3.63) is 59.7 Å². The summed E-state index contributed by atoms with van der Waals surface area (Å²) in [4.78, 5) is 12.1. The third-order valence-electron chi connectivity index (χ3n) is 4.22. The van der Waals surface area contributed by atoms with Crippen molar-refractivity contribution in [1.82, 2.24) is 5.32 Å². The molecule has 0 aliphatic rings. The van der Waals surface area contributed by atoms with Crippen LogP contribution in [0.15, 0.2) is 48.5 Å². The lowest BCUT2D eigenvalue weighted by Crippen LogP contribution is -2.34. The first-order chi connectivity index (χ1) is 12.8. The Bertz CT molecular complexity index is 847. The summed E-state index contributed by atoms with van der Waals surface area (Å²) in [5.41, 5.74) is 2.64. The highest BCUT2D eigenvalue weighted by Crippen LogP contribution is 2.19. The zero-order chi connectivity index (χ0) is 19.9. The predicted molar refractivity (Wildman–Crippen MR) is 107 cm³/mol. The molecule has 0 heterocycles. The molecule has 2 rings (SSSR count). The zero-order valence-electron chi connectivity index (χ0n) is 15.9. The number of carbonyl (C=O) groups excluding carboxylic acids is 1. The van der Waals surface area contributed by atoms with Crippen LogP contribution in [0.2, 0.25) is 0 Å². The molecule has 0 aliphatic carbocycles. The van der Waals surface area contributed by atoms with Crippen molar-refractivity contribution in [2.45, 2.75) is 26.3 Å². The SMILES string of the molecule is CCc1ccc(N(CCC(=O)NCc2ccc(OC)cc2)S(C)(=O)=O)cc1. The van der Waals surface area contributed by atoms with Crippen molar-refractivity contribution >= 4 is 21.6 Å². The lowest BCUT2D eigenvalue weighted by Gasteiger charge is -2.22. The van der Waals surface area contributed by atoms with Gasteiger partial charge in [-0.1, -0.05) is 31.2 Å². The van der Waals surface area contributed by atoms with Gasteiger partial charge in [0.25, 0.3) is 0 Å². The Hall–Kier alpha value is -2.54. The molecule has 0 fully saturated rings. The Balaban J connectivity index is 1.94. The second kappa shape index (κ2) is 9.41. The molecular weight excluding hydrogens is 364 g/mol. The van der Waals surface area contributed by atoms with Gasteiger partial charge in [-0.2, -0.15) is 0 Å². The maximum Gasteiger partial charge on any atom is 0.232 e. The highest BCUT2D eigenvalue weighted by molar-refractivity contribution is 7.92. The minimum Gasteiger partial charge on any atom is -0.497 e. The van der Waals surface area contributed by atoms with Crippen LogP contribution < -0.4 is 14.4 Å². The number of rotatable bonds is 9. The normalized spacial score (nSPS) is 11.1. The van der Waals surface area contributed by atoms with Gasteiger partial charge in [0.15, 0.2) is 0 Å². The van der Waals surface area contributed by atoms with Crippen molar-refractivity contribution in [2.75, 3.05) is 24.2 Å². The molecule has 2 aromatic rings. The van der Waals surface area contributed by atoms with Crippen LogP contribution in [0.25, 0.3) is 0 Å². The van der Waals surface area contributed by atoms with E-state index in [1.165, 1.54) is 4.31 Å². The number of amides is 1. The van der Waals surface area contributed by atoms with Crippen molar-refractivity contribution in [3.8, 4) is 5.75 Å². The van der Waals surface area contributed by atoms with E-state index in [2.05, 4.69) is 5.32 Å². The summed E-state index contributed by atoms with van der Waals surface area (Å²) in [5.74, 6) is 0.549. The fourth-order valence-electron chi connectivity index (χ4n) is 2.62. The average Bonchev–Trinajstić information content (AvgIpc) is 2.66. The molecule has 27 heavy (non-hydrogen) atoms. The van der Waals surface area contributed by atoms with Gasteiger partial charge in [-0.3, -0.25) is 9.10 Å². The number of nitrogens with one attached hydrogen (secondary N) is 1. The van der Waals surface area contributed by atoms with Crippen LogP contribution in [-0.4, -0.2) is 34.2 Å². The molecule has 0 saturated carbocycles. The maximum atomic E-state index is 12.1. The number of methoxy groups -OCH3 is 1. The van der Waals surface area contributed by atoms with Gasteiger partial charge in [0.1, 0.15) is 5.75 Å². The first-order valence-corrected chi connectivity index (χ1v) is 10.6. The molecule has 0 bridgehead atoms. The number of anilines is 1. The second-order valence-electron chi connectivity index (χ2n) is 6.23. The van der Waals surface area contributed by atoms with Crippen LogP contribution >= 0.6 is 0 Å². The summed E-state index contributed by atoms with van der Waals surface area (Å²) in [6, 6.07) is 14.7. The number of nitrogens with zero attached hydrogens (tertiary/aromatic N) is 1. The standard InChI is InChI=1S/C20H26N2O4S/c1-4-16-5-9-18(10-6-16)22(27(3,24)25)14-13-20(23)21-15-17-7-11-19(26-2)12-8-17/h5-12H,4,13-15H2,1-3H3,(H,21,23). The Kier molecular flexibility index (Phi) is 7.24. The van der Waals surface area contributed by atoms with Gasteiger partial charge in [0.05, 0.1) is 19.1 Å². The molecule has 1 amide bonds. The number of sulfonamides is 1. The van der Waals surface area contributed by atoms with E-state index < -0.39 is 10.0 Å². The number of hydrogen-bond donors (Lipinski definition) is 1. The minimum atomic E-state index is -3.47. The minimum absolute atomic E-state index is 0.0821. The lowest BCUT2D eigenvalue weighted by atomic mass is 10.1. The van der Waals surface area contributed by atoms with Gasteiger partial charge in [0.2, 0.25) is 15.9 Å². The highest BCUT2D eigenvalue weighted by Gasteiger charge is 2.18.